The van der Waals surface area contributed by atoms with Gasteiger partial charge in [0.25, 0.3) is 0 Å². The smallest absolute Gasteiger partial charge is 0.162 e. The highest BCUT2D eigenvalue weighted by molar-refractivity contribution is 9.10. The minimum Gasteiger partial charge on any atom is -0.493 e. The van der Waals surface area contributed by atoms with Crippen molar-refractivity contribution < 1.29 is 9.47 Å². The van der Waals surface area contributed by atoms with Crippen molar-refractivity contribution in [2.75, 3.05) is 14.2 Å². The van der Waals surface area contributed by atoms with Gasteiger partial charge in [0.15, 0.2) is 11.5 Å². The maximum Gasteiger partial charge on any atom is 0.162 e. The Morgan fingerprint density at radius 3 is 2.52 bits per heavy atom. The quantitative estimate of drug-likeness (QED) is 0.852. The van der Waals surface area contributed by atoms with Gasteiger partial charge in [-0.05, 0) is 42.8 Å². The third-order valence-electron chi connectivity index (χ3n) is 3.34. The number of hydrogen-bond donors (Lipinski definition) is 1. The van der Waals surface area contributed by atoms with Crippen LogP contribution >= 0.6 is 15.9 Å². The molecule has 0 aliphatic rings. The highest BCUT2D eigenvalue weighted by atomic mass is 79.9. The average Bonchev–Trinajstić information content (AvgIpc) is 2.49. The molecule has 2 aromatic carbocycles. The van der Waals surface area contributed by atoms with Gasteiger partial charge in [0.05, 0.1) is 7.11 Å². The summed E-state index contributed by atoms with van der Waals surface area (Å²) in [5.41, 5.74) is 3.54. The topological polar surface area (TPSA) is 30.5 Å². The van der Waals surface area contributed by atoms with Crippen LogP contribution in [0.25, 0.3) is 0 Å². The molecule has 2 aromatic rings. The number of ether oxygens (including phenoxy) is 2. The van der Waals surface area contributed by atoms with Gasteiger partial charge in [-0.25, -0.2) is 0 Å². The molecule has 112 valence electrons. The van der Waals surface area contributed by atoms with Gasteiger partial charge in [-0.15, -0.1) is 0 Å². The molecule has 0 saturated heterocycles. The van der Waals surface area contributed by atoms with Gasteiger partial charge in [0.1, 0.15) is 6.61 Å². The fourth-order valence-corrected chi connectivity index (χ4v) is 2.57. The Morgan fingerprint density at radius 2 is 1.86 bits per heavy atom. The molecular weight excluding hydrogens is 330 g/mol. The van der Waals surface area contributed by atoms with E-state index in [2.05, 4.69) is 40.3 Å². The Hall–Kier alpha value is -1.52. The van der Waals surface area contributed by atoms with Crippen LogP contribution in [0.5, 0.6) is 11.5 Å². The predicted octanol–water partition coefficient (Wildman–Crippen LogP) is 4.06. The van der Waals surface area contributed by atoms with E-state index in [9.17, 15) is 0 Å². The maximum atomic E-state index is 5.93. The van der Waals surface area contributed by atoms with Crippen molar-refractivity contribution in [3.8, 4) is 11.5 Å². The minimum absolute atomic E-state index is 0.529. The van der Waals surface area contributed by atoms with Gasteiger partial charge in [-0.2, -0.15) is 0 Å². The highest BCUT2D eigenvalue weighted by Gasteiger charge is 2.10. The molecule has 0 aromatic heterocycles. The average molecular weight is 350 g/mol. The van der Waals surface area contributed by atoms with Crippen molar-refractivity contribution in [3.05, 3.63) is 57.6 Å². The number of nitrogens with one attached hydrogen (secondary N) is 1. The monoisotopic (exact) mass is 349 g/mol. The van der Waals surface area contributed by atoms with Crippen molar-refractivity contribution in [2.45, 2.75) is 20.1 Å². The molecule has 0 aliphatic heterocycles. The van der Waals surface area contributed by atoms with Crippen molar-refractivity contribution >= 4 is 15.9 Å². The molecule has 0 radical (unpaired) electrons. The molecule has 1 N–H and O–H groups in total. The first-order valence-corrected chi connectivity index (χ1v) is 7.63. The number of aryl methyl sites for hydroxylation is 1. The van der Waals surface area contributed by atoms with E-state index in [-0.39, 0.29) is 0 Å². The van der Waals surface area contributed by atoms with Crippen LogP contribution in [0.1, 0.15) is 16.7 Å². The fraction of sp³-hybridized carbons (Fsp3) is 0.294. The lowest BCUT2D eigenvalue weighted by Crippen LogP contribution is -2.07. The molecule has 0 bridgehead atoms. The first kappa shape index (κ1) is 15.9. The zero-order valence-corrected chi connectivity index (χ0v) is 14.2. The molecule has 0 spiro atoms. The molecule has 2 rings (SSSR count). The Balaban J connectivity index is 2.19. The SMILES string of the molecule is CNCc1cc(OC)c(OCc2ccccc2C)cc1Br. The maximum absolute atomic E-state index is 5.93. The summed E-state index contributed by atoms with van der Waals surface area (Å²) in [4.78, 5) is 0. The standard InChI is InChI=1S/C17H20BrNO2/c1-12-6-4-5-7-13(12)11-21-17-9-15(18)14(10-19-2)8-16(17)20-3/h4-9,19H,10-11H2,1-3H3. The zero-order chi connectivity index (χ0) is 15.2. The summed E-state index contributed by atoms with van der Waals surface area (Å²) >= 11 is 3.58. The molecule has 21 heavy (non-hydrogen) atoms. The summed E-state index contributed by atoms with van der Waals surface area (Å²) in [6.45, 7) is 3.39. The lowest BCUT2D eigenvalue weighted by molar-refractivity contribution is 0.283. The van der Waals surface area contributed by atoms with E-state index >= 15 is 0 Å². The second-order valence-electron chi connectivity index (χ2n) is 4.84. The molecule has 0 fully saturated rings. The van der Waals surface area contributed by atoms with Crippen LogP contribution in [-0.4, -0.2) is 14.2 Å². The molecule has 0 atom stereocenters. The Labute approximate surface area is 134 Å². The van der Waals surface area contributed by atoms with E-state index in [4.69, 9.17) is 9.47 Å². The highest BCUT2D eigenvalue weighted by Crippen LogP contribution is 2.34. The molecule has 4 heteroatoms. The number of benzene rings is 2. The van der Waals surface area contributed by atoms with E-state index in [1.807, 2.05) is 31.3 Å². The minimum atomic E-state index is 0.529. The summed E-state index contributed by atoms with van der Waals surface area (Å²) in [6.07, 6.45) is 0. The predicted molar refractivity (Wildman–Crippen MR) is 89.0 cm³/mol. The van der Waals surface area contributed by atoms with Crippen molar-refractivity contribution in [1.82, 2.24) is 5.32 Å². The second kappa shape index (κ2) is 7.48. The molecule has 0 saturated carbocycles. The molecular formula is C17H20BrNO2. The van der Waals surface area contributed by atoms with E-state index in [1.165, 1.54) is 11.1 Å². The van der Waals surface area contributed by atoms with Crippen molar-refractivity contribution in [3.63, 3.8) is 0 Å². The first-order chi connectivity index (χ1) is 10.2. The van der Waals surface area contributed by atoms with Crippen LogP contribution in [0.3, 0.4) is 0 Å². The Kier molecular flexibility index (Phi) is 5.65. The summed E-state index contributed by atoms with van der Waals surface area (Å²) in [7, 11) is 3.58. The van der Waals surface area contributed by atoms with E-state index in [0.29, 0.717) is 6.61 Å². The normalized spacial score (nSPS) is 10.5. The molecule has 0 amide bonds. The third kappa shape index (κ3) is 3.99. The van der Waals surface area contributed by atoms with E-state index in [1.54, 1.807) is 7.11 Å². The van der Waals surface area contributed by atoms with Crippen LogP contribution in [0, 0.1) is 6.92 Å². The summed E-state index contributed by atoms with van der Waals surface area (Å²) in [5, 5.41) is 3.13. The van der Waals surface area contributed by atoms with Gasteiger partial charge >= 0.3 is 0 Å². The molecule has 0 aliphatic carbocycles. The van der Waals surface area contributed by atoms with E-state index < -0.39 is 0 Å². The van der Waals surface area contributed by atoms with Gasteiger partial charge in [0.2, 0.25) is 0 Å². The second-order valence-corrected chi connectivity index (χ2v) is 5.69. The number of halogens is 1. The number of rotatable bonds is 6. The first-order valence-electron chi connectivity index (χ1n) is 6.84. The molecule has 0 heterocycles. The summed E-state index contributed by atoms with van der Waals surface area (Å²) in [5.74, 6) is 1.49. The van der Waals surface area contributed by atoms with Crippen molar-refractivity contribution in [1.29, 1.82) is 0 Å². The zero-order valence-electron chi connectivity index (χ0n) is 12.6. The van der Waals surface area contributed by atoms with Gasteiger partial charge < -0.3 is 14.8 Å². The Bertz CT molecular complexity index is 614. The van der Waals surface area contributed by atoms with Gasteiger partial charge in [0, 0.05) is 11.0 Å². The number of hydrogen-bond acceptors (Lipinski definition) is 3. The molecule has 0 unspecified atom stereocenters. The Morgan fingerprint density at radius 1 is 1.10 bits per heavy atom. The van der Waals surface area contributed by atoms with Crippen molar-refractivity contribution in [2.24, 2.45) is 0 Å². The van der Waals surface area contributed by atoms with Crippen LogP contribution in [0.15, 0.2) is 40.9 Å². The van der Waals surface area contributed by atoms with E-state index in [0.717, 1.165) is 28.1 Å². The largest absolute Gasteiger partial charge is 0.493 e. The molecule has 3 nitrogen and oxygen atoms in total. The summed E-state index contributed by atoms with van der Waals surface area (Å²) < 4.78 is 12.4. The van der Waals surface area contributed by atoms with Crippen LogP contribution in [0.4, 0.5) is 0 Å². The third-order valence-corrected chi connectivity index (χ3v) is 4.08. The van der Waals surface area contributed by atoms with Crippen LogP contribution in [-0.2, 0) is 13.2 Å². The lowest BCUT2D eigenvalue weighted by Gasteiger charge is -2.14. The fourth-order valence-electron chi connectivity index (χ4n) is 2.10. The lowest BCUT2D eigenvalue weighted by atomic mass is 10.1. The van der Waals surface area contributed by atoms with Gasteiger partial charge in [-0.3, -0.25) is 0 Å². The van der Waals surface area contributed by atoms with Crippen LogP contribution < -0.4 is 14.8 Å². The van der Waals surface area contributed by atoms with Gasteiger partial charge in [-0.1, -0.05) is 40.2 Å². The number of methoxy groups -OCH3 is 1. The van der Waals surface area contributed by atoms with Crippen LogP contribution in [0.2, 0.25) is 0 Å². The summed E-state index contributed by atoms with van der Waals surface area (Å²) in [6, 6.07) is 12.2.